The number of benzene rings is 2. The number of carbonyl (C=O) groups excluding carboxylic acids is 2. The van der Waals surface area contributed by atoms with Crippen molar-refractivity contribution in [2.75, 3.05) is 10.3 Å². The van der Waals surface area contributed by atoms with Gasteiger partial charge in [0.15, 0.2) is 0 Å². The molecular weight excluding hydrogens is 390 g/mol. The molecule has 0 aliphatic carbocycles. The molecule has 2 aromatic carbocycles. The Morgan fingerprint density at radius 1 is 1.03 bits per heavy atom. The Labute approximate surface area is 174 Å². The lowest BCUT2D eigenvalue weighted by Crippen LogP contribution is -2.57. The molecule has 6 nitrogen and oxygen atoms in total. The molecule has 2 N–H and O–H groups in total. The van der Waals surface area contributed by atoms with Crippen LogP contribution in [0.2, 0.25) is 5.02 Å². The van der Waals surface area contributed by atoms with E-state index in [0.717, 1.165) is 5.69 Å². The molecule has 2 aromatic rings. The minimum atomic E-state index is -0.755. The minimum Gasteiger partial charge on any atom is -0.391 e. The molecule has 7 heteroatoms. The lowest BCUT2D eigenvalue weighted by atomic mass is 9.92. The summed E-state index contributed by atoms with van der Waals surface area (Å²) in [5.41, 5.74) is 4.49. The second-order valence-corrected chi connectivity index (χ2v) is 7.63. The highest BCUT2D eigenvalue weighted by Gasteiger charge is 2.53. The smallest absolute Gasteiger partial charge is 0.254 e. The van der Waals surface area contributed by atoms with E-state index in [1.54, 1.807) is 65.7 Å². The standard InChI is InChI=1S/C22H22ClN3O3/c1-2-19(27)18-13-12-17-20(26(18)24-15-10-8-14(23)9-11-15)22(29)25(21(17)28)16-6-4-3-5-7-16/h3-13,17-20,24,27H,2H2,1H3/t17-,18-,19-,20+/m1/s1. The van der Waals surface area contributed by atoms with E-state index >= 15 is 0 Å². The molecule has 1 saturated heterocycles. The third kappa shape index (κ3) is 3.55. The average Bonchev–Trinajstić information content (AvgIpc) is 3.00. The summed E-state index contributed by atoms with van der Waals surface area (Å²) < 4.78 is 0. The quantitative estimate of drug-likeness (QED) is 0.583. The summed E-state index contributed by atoms with van der Waals surface area (Å²) in [5, 5.41) is 12.9. The van der Waals surface area contributed by atoms with Crippen LogP contribution in [0.5, 0.6) is 0 Å². The number of nitrogens with one attached hydrogen (secondary N) is 1. The lowest BCUT2D eigenvalue weighted by Gasteiger charge is -2.40. The van der Waals surface area contributed by atoms with Gasteiger partial charge >= 0.3 is 0 Å². The molecule has 0 unspecified atom stereocenters. The number of amides is 2. The second-order valence-electron chi connectivity index (χ2n) is 7.20. The van der Waals surface area contributed by atoms with Crippen LogP contribution in [0.25, 0.3) is 0 Å². The molecule has 0 saturated carbocycles. The summed E-state index contributed by atoms with van der Waals surface area (Å²) in [7, 11) is 0. The minimum absolute atomic E-state index is 0.269. The summed E-state index contributed by atoms with van der Waals surface area (Å²) in [6.45, 7) is 1.88. The Bertz CT molecular complexity index is 932. The van der Waals surface area contributed by atoms with Crippen molar-refractivity contribution in [3.63, 3.8) is 0 Å². The first kappa shape index (κ1) is 19.6. The average molecular weight is 412 g/mol. The van der Waals surface area contributed by atoms with Gasteiger partial charge in [0.25, 0.3) is 5.91 Å². The Kier molecular flexibility index (Phi) is 5.41. The number of anilines is 2. The number of para-hydroxylation sites is 1. The summed E-state index contributed by atoms with van der Waals surface area (Å²) in [6.07, 6.45) is 3.37. The largest absolute Gasteiger partial charge is 0.391 e. The number of aliphatic hydroxyl groups is 1. The van der Waals surface area contributed by atoms with Crippen LogP contribution in [0.3, 0.4) is 0 Å². The molecule has 0 radical (unpaired) electrons. The van der Waals surface area contributed by atoms with Gasteiger partial charge in [-0.15, -0.1) is 0 Å². The Morgan fingerprint density at radius 3 is 2.38 bits per heavy atom. The topological polar surface area (TPSA) is 72.9 Å². The number of nitrogens with zero attached hydrogens (tertiary/aromatic N) is 2. The summed E-state index contributed by atoms with van der Waals surface area (Å²) in [6, 6.07) is 14.8. The van der Waals surface area contributed by atoms with Gasteiger partial charge in [0, 0.05) is 10.7 Å². The van der Waals surface area contributed by atoms with Crippen molar-refractivity contribution in [3.05, 3.63) is 71.8 Å². The van der Waals surface area contributed by atoms with Gasteiger partial charge in [-0.05, 0) is 42.8 Å². The number of aliphatic hydroxyl groups excluding tert-OH is 1. The summed E-state index contributed by atoms with van der Waals surface area (Å²) >= 11 is 5.98. The van der Waals surface area contributed by atoms with Crippen molar-refractivity contribution in [2.24, 2.45) is 5.92 Å². The molecule has 2 amide bonds. The van der Waals surface area contributed by atoms with Crippen LogP contribution >= 0.6 is 11.6 Å². The normalized spacial score (nSPS) is 25.2. The molecular formula is C22H22ClN3O3. The lowest BCUT2D eigenvalue weighted by molar-refractivity contribution is -0.123. The molecule has 2 aliphatic rings. The van der Waals surface area contributed by atoms with E-state index in [4.69, 9.17) is 11.6 Å². The summed E-state index contributed by atoms with van der Waals surface area (Å²) in [4.78, 5) is 27.6. The highest BCUT2D eigenvalue weighted by atomic mass is 35.5. The van der Waals surface area contributed by atoms with Crippen molar-refractivity contribution in [2.45, 2.75) is 31.5 Å². The van der Waals surface area contributed by atoms with E-state index in [2.05, 4.69) is 5.43 Å². The van der Waals surface area contributed by atoms with Crippen LogP contribution in [0.15, 0.2) is 66.7 Å². The third-order valence-corrected chi connectivity index (χ3v) is 5.64. The Balaban J connectivity index is 1.71. The molecule has 1 fully saturated rings. The van der Waals surface area contributed by atoms with E-state index in [1.807, 2.05) is 13.0 Å². The predicted octanol–water partition coefficient (Wildman–Crippen LogP) is 3.24. The zero-order chi connectivity index (χ0) is 20.5. The molecule has 150 valence electrons. The van der Waals surface area contributed by atoms with Crippen molar-refractivity contribution in [3.8, 4) is 0 Å². The van der Waals surface area contributed by atoms with Crippen LogP contribution < -0.4 is 10.3 Å². The van der Waals surface area contributed by atoms with E-state index in [-0.39, 0.29) is 11.8 Å². The maximum Gasteiger partial charge on any atom is 0.254 e. The van der Waals surface area contributed by atoms with Crippen molar-refractivity contribution < 1.29 is 14.7 Å². The second kappa shape index (κ2) is 7.99. The van der Waals surface area contributed by atoms with Crippen LogP contribution in [0.4, 0.5) is 11.4 Å². The molecule has 2 aliphatic heterocycles. The zero-order valence-electron chi connectivity index (χ0n) is 15.9. The van der Waals surface area contributed by atoms with Gasteiger partial charge in [0.2, 0.25) is 5.91 Å². The Hall–Kier alpha value is -2.67. The molecule has 0 spiro atoms. The van der Waals surface area contributed by atoms with Crippen molar-refractivity contribution in [1.82, 2.24) is 5.01 Å². The van der Waals surface area contributed by atoms with Crippen molar-refractivity contribution >= 4 is 34.8 Å². The van der Waals surface area contributed by atoms with Crippen molar-refractivity contribution in [1.29, 1.82) is 0 Å². The number of hydrogen-bond donors (Lipinski definition) is 2. The molecule has 2 heterocycles. The SMILES string of the molecule is CC[C@@H](O)[C@H]1C=C[C@H]2C(=O)N(c3ccccc3)C(=O)[C@H]2N1Nc1ccc(Cl)cc1. The molecule has 0 bridgehead atoms. The number of rotatable bonds is 5. The maximum absolute atomic E-state index is 13.3. The molecule has 4 atom stereocenters. The number of carbonyl (C=O) groups is 2. The third-order valence-electron chi connectivity index (χ3n) is 5.38. The van der Waals surface area contributed by atoms with Gasteiger partial charge in [-0.2, -0.15) is 0 Å². The van der Waals surface area contributed by atoms with Crippen LogP contribution in [-0.2, 0) is 9.59 Å². The highest BCUT2D eigenvalue weighted by molar-refractivity contribution is 6.30. The summed E-state index contributed by atoms with van der Waals surface area (Å²) in [5.74, 6) is -1.21. The van der Waals surface area contributed by atoms with E-state index in [0.29, 0.717) is 17.1 Å². The molecule has 0 aromatic heterocycles. The fourth-order valence-corrected chi connectivity index (χ4v) is 4.00. The molecule has 29 heavy (non-hydrogen) atoms. The van der Waals surface area contributed by atoms with Crippen LogP contribution in [-0.4, -0.2) is 40.1 Å². The maximum atomic E-state index is 13.3. The molecule has 4 rings (SSSR count). The van der Waals surface area contributed by atoms with Gasteiger partial charge in [-0.1, -0.05) is 48.9 Å². The van der Waals surface area contributed by atoms with Crippen LogP contribution in [0.1, 0.15) is 13.3 Å². The highest BCUT2D eigenvalue weighted by Crippen LogP contribution is 2.35. The zero-order valence-corrected chi connectivity index (χ0v) is 16.7. The monoisotopic (exact) mass is 411 g/mol. The fourth-order valence-electron chi connectivity index (χ4n) is 3.87. The number of halogens is 1. The van der Waals surface area contributed by atoms with Gasteiger partial charge in [-0.25, -0.2) is 9.91 Å². The number of hydrogen-bond acceptors (Lipinski definition) is 5. The number of imide groups is 1. The van der Waals surface area contributed by atoms with E-state index in [9.17, 15) is 14.7 Å². The fraction of sp³-hybridized carbons (Fsp3) is 0.273. The van der Waals surface area contributed by atoms with Gasteiger partial charge in [-0.3, -0.25) is 9.59 Å². The van der Waals surface area contributed by atoms with E-state index < -0.39 is 24.1 Å². The van der Waals surface area contributed by atoms with Gasteiger partial charge in [0.1, 0.15) is 6.04 Å². The predicted molar refractivity (Wildman–Crippen MR) is 112 cm³/mol. The first-order chi connectivity index (χ1) is 14.0. The Morgan fingerprint density at radius 2 is 1.72 bits per heavy atom. The number of hydrazine groups is 1. The van der Waals surface area contributed by atoms with Crippen LogP contribution in [0, 0.1) is 5.92 Å². The van der Waals surface area contributed by atoms with Gasteiger partial charge < -0.3 is 10.5 Å². The number of fused-ring (bicyclic) bond motifs is 1. The van der Waals surface area contributed by atoms with Gasteiger partial charge in [0.05, 0.1) is 23.8 Å². The first-order valence-corrected chi connectivity index (χ1v) is 9.99. The van der Waals surface area contributed by atoms with E-state index in [1.165, 1.54) is 4.90 Å². The first-order valence-electron chi connectivity index (χ1n) is 9.61.